The Morgan fingerprint density at radius 1 is 1.50 bits per heavy atom. The Morgan fingerprint density at radius 2 is 2.14 bits per heavy atom. The first-order valence-corrected chi connectivity index (χ1v) is 4.79. The lowest BCUT2D eigenvalue weighted by Crippen LogP contribution is -2.13. The Morgan fingerprint density at radius 3 is 2.71 bits per heavy atom. The first-order chi connectivity index (χ1) is 6.56. The molecule has 0 aromatic heterocycles. The monoisotopic (exact) mass is 215 g/mol. The molecule has 1 unspecified atom stereocenters. The highest BCUT2D eigenvalue weighted by atomic mass is 35.5. The van der Waals surface area contributed by atoms with E-state index >= 15 is 0 Å². The Labute approximate surface area is 88.1 Å². The van der Waals surface area contributed by atoms with Gasteiger partial charge in [0.1, 0.15) is 5.75 Å². The van der Waals surface area contributed by atoms with E-state index in [0.29, 0.717) is 11.4 Å². The van der Waals surface area contributed by atoms with Gasteiger partial charge in [-0.15, -0.1) is 0 Å². The van der Waals surface area contributed by atoms with E-state index in [-0.39, 0.29) is 18.4 Å². The van der Waals surface area contributed by atoms with Gasteiger partial charge in [-0.1, -0.05) is 11.6 Å². The molecule has 1 aromatic rings. The molecule has 0 spiro atoms. The van der Waals surface area contributed by atoms with Gasteiger partial charge < -0.3 is 15.9 Å². The molecule has 0 amide bonds. The van der Waals surface area contributed by atoms with Gasteiger partial charge in [0.25, 0.3) is 0 Å². The van der Waals surface area contributed by atoms with Crippen LogP contribution in [0.1, 0.15) is 23.6 Å². The van der Waals surface area contributed by atoms with Crippen LogP contribution in [0.15, 0.2) is 12.1 Å². The summed E-state index contributed by atoms with van der Waals surface area (Å²) >= 11 is 5.73. The molecule has 0 aliphatic rings. The van der Waals surface area contributed by atoms with E-state index in [4.69, 9.17) is 22.4 Å². The molecule has 1 rings (SSSR count). The highest BCUT2D eigenvalue weighted by Crippen LogP contribution is 2.29. The maximum Gasteiger partial charge on any atom is 0.134 e. The zero-order valence-electron chi connectivity index (χ0n) is 8.00. The zero-order chi connectivity index (χ0) is 10.7. The quantitative estimate of drug-likeness (QED) is 0.720. The molecule has 1 aromatic carbocycles. The third kappa shape index (κ3) is 2.38. The lowest BCUT2D eigenvalue weighted by Gasteiger charge is -2.14. The molecule has 0 aliphatic heterocycles. The van der Waals surface area contributed by atoms with Crippen molar-refractivity contribution in [3.8, 4) is 5.75 Å². The number of aliphatic hydroxyl groups excluding tert-OH is 1. The average molecular weight is 216 g/mol. The van der Waals surface area contributed by atoms with Crippen molar-refractivity contribution < 1.29 is 10.2 Å². The highest BCUT2D eigenvalue weighted by Gasteiger charge is 2.11. The summed E-state index contributed by atoms with van der Waals surface area (Å²) < 4.78 is 0. The van der Waals surface area contributed by atoms with Crippen molar-refractivity contribution in [1.82, 2.24) is 0 Å². The molecule has 0 heterocycles. The first kappa shape index (κ1) is 11.3. The fourth-order valence-corrected chi connectivity index (χ4v) is 1.59. The van der Waals surface area contributed by atoms with Gasteiger partial charge in [-0.3, -0.25) is 0 Å². The molecule has 14 heavy (non-hydrogen) atoms. The fourth-order valence-electron chi connectivity index (χ4n) is 1.37. The predicted molar refractivity (Wildman–Crippen MR) is 56.5 cm³/mol. The van der Waals surface area contributed by atoms with Crippen LogP contribution < -0.4 is 5.73 Å². The van der Waals surface area contributed by atoms with Crippen molar-refractivity contribution in [1.29, 1.82) is 0 Å². The maximum atomic E-state index is 9.39. The second kappa shape index (κ2) is 4.64. The van der Waals surface area contributed by atoms with Gasteiger partial charge in [0.05, 0.1) is 5.02 Å². The minimum absolute atomic E-state index is 0.0284. The molecule has 0 aliphatic carbocycles. The molecule has 0 saturated heterocycles. The van der Waals surface area contributed by atoms with Crippen LogP contribution in [0.5, 0.6) is 5.75 Å². The highest BCUT2D eigenvalue weighted by molar-refractivity contribution is 6.32. The van der Waals surface area contributed by atoms with Gasteiger partial charge in [0.15, 0.2) is 0 Å². The van der Waals surface area contributed by atoms with Crippen LogP contribution in [0.4, 0.5) is 0 Å². The molecule has 78 valence electrons. The van der Waals surface area contributed by atoms with Crippen molar-refractivity contribution >= 4 is 11.6 Å². The molecule has 1 atom stereocenters. The minimum Gasteiger partial charge on any atom is -0.506 e. The van der Waals surface area contributed by atoms with Crippen molar-refractivity contribution in [2.24, 2.45) is 5.73 Å². The summed E-state index contributed by atoms with van der Waals surface area (Å²) in [7, 11) is 0. The van der Waals surface area contributed by atoms with Crippen LogP contribution in [0.25, 0.3) is 0 Å². The number of halogens is 1. The molecule has 3 nitrogen and oxygen atoms in total. The van der Waals surface area contributed by atoms with Crippen molar-refractivity contribution in [2.45, 2.75) is 19.4 Å². The van der Waals surface area contributed by atoms with Gasteiger partial charge in [-0.05, 0) is 36.6 Å². The zero-order valence-corrected chi connectivity index (χ0v) is 8.75. The number of hydrogen-bond acceptors (Lipinski definition) is 3. The normalized spacial score (nSPS) is 12.9. The Hall–Kier alpha value is -0.770. The van der Waals surface area contributed by atoms with Crippen LogP contribution in [0, 0.1) is 6.92 Å². The third-order valence-electron chi connectivity index (χ3n) is 2.18. The standard InChI is InChI=1S/C10H14ClNO2/c1-6-4-8(11)10(14)5-7(6)9(12)2-3-13/h4-5,9,13-14H,2-3,12H2,1H3. The number of phenolic OH excluding ortho intramolecular Hbond substituents is 1. The summed E-state index contributed by atoms with van der Waals surface area (Å²) in [6.45, 7) is 1.90. The van der Waals surface area contributed by atoms with Gasteiger partial charge in [-0.2, -0.15) is 0 Å². The summed E-state index contributed by atoms with van der Waals surface area (Å²) in [6.07, 6.45) is 0.474. The minimum atomic E-state index is -0.261. The first-order valence-electron chi connectivity index (χ1n) is 4.41. The van der Waals surface area contributed by atoms with Crippen LogP contribution in [0.2, 0.25) is 5.02 Å². The third-order valence-corrected chi connectivity index (χ3v) is 2.48. The van der Waals surface area contributed by atoms with Crippen LogP contribution in [-0.4, -0.2) is 16.8 Å². The van der Waals surface area contributed by atoms with E-state index in [9.17, 15) is 5.11 Å². The van der Waals surface area contributed by atoms with E-state index in [1.54, 1.807) is 12.1 Å². The number of nitrogens with two attached hydrogens (primary N) is 1. The summed E-state index contributed by atoms with van der Waals surface area (Å²) in [4.78, 5) is 0. The molecular weight excluding hydrogens is 202 g/mol. The smallest absolute Gasteiger partial charge is 0.134 e. The van der Waals surface area contributed by atoms with E-state index in [0.717, 1.165) is 11.1 Å². The van der Waals surface area contributed by atoms with E-state index in [1.807, 2.05) is 6.92 Å². The predicted octanol–water partition coefficient (Wildman–Crippen LogP) is 1.74. The van der Waals surface area contributed by atoms with Crippen molar-refractivity contribution in [3.63, 3.8) is 0 Å². The molecule has 0 fully saturated rings. The lowest BCUT2D eigenvalue weighted by atomic mass is 9.99. The Bertz CT molecular complexity index is 328. The van der Waals surface area contributed by atoms with Gasteiger partial charge in [-0.25, -0.2) is 0 Å². The Balaban J connectivity index is 3.02. The molecule has 4 N–H and O–H groups in total. The van der Waals surface area contributed by atoms with Gasteiger partial charge in [0.2, 0.25) is 0 Å². The number of aromatic hydroxyl groups is 1. The van der Waals surface area contributed by atoms with Crippen LogP contribution in [0.3, 0.4) is 0 Å². The van der Waals surface area contributed by atoms with Gasteiger partial charge in [0, 0.05) is 12.6 Å². The van der Waals surface area contributed by atoms with Crippen LogP contribution in [-0.2, 0) is 0 Å². The maximum absolute atomic E-state index is 9.39. The van der Waals surface area contributed by atoms with E-state index in [1.165, 1.54) is 0 Å². The largest absolute Gasteiger partial charge is 0.506 e. The number of rotatable bonds is 3. The van der Waals surface area contributed by atoms with E-state index < -0.39 is 0 Å². The second-order valence-corrected chi connectivity index (χ2v) is 3.69. The number of aryl methyl sites for hydroxylation is 1. The number of phenols is 1. The lowest BCUT2D eigenvalue weighted by molar-refractivity contribution is 0.276. The topological polar surface area (TPSA) is 66.5 Å². The number of hydrogen-bond donors (Lipinski definition) is 3. The summed E-state index contributed by atoms with van der Waals surface area (Å²) in [6, 6.07) is 2.96. The summed E-state index contributed by atoms with van der Waals surface area (Å²) in [5.41, 5.74) is 7.56. The molecule has 4 heteroatoms. The molecular formula is C10H14ClNO2. The number of benzene rings is 1. The van der Waals surface area contributed by atoms with E-state index in [2.05, 4.69) is 0 Å². The molecule has 0 bridgehead atoms. The van der Waals surface area contributed by atoms with Crippen LogP contribution >= 0.6 is 11.6 Å². The summed E-state index contributed by atoms with van der Waals surface area (Å²) in [5, 5.41) is 18.5. The fraction of sp³-hybridized carbons (Fsp3) is 0.400. The molecule has 0 saturated carbocycles. The molecule has 0 radical (unpaired) electrons. The average Bonchev–Trinajstić information content (AvgIpc) is 2.11. The van der Waals surface area contributed by atoms with Crippen molar-refractivity contribution in [3.05, 3.63) is 28.3 Å². The SMILES string of the molecule is Cc1cc(Cl)c(O)cc1C(N)CCO. The van der Waals surface area contributed by atoms with Gasteiger partial charge >= 0.3 is 0 Å². The summed E-state index contributed by atoms with van der Waals surface area (Å²) in [5.74, 6) is 0.0284. The number of aliphatic hydroxyl groups is 1. The van der Waals surface area contributed by atoms with Crippen molar-refractivity contribution in [2.75, 3.05) is 6.61 Å². The second-order valence-electron chi connectivity index (χ2n) is 3.28. The Kier molecular flexibility index (Phi) is 3.75.